The molecule has 0 unspecified atom stereocenters. The molecule has 0 aliphatic rings. The van der Waals surface area contributed by atoms with Crippen LogP contribution in [0.5, 0.6) is 0 Å². The number of halogens is 2. The third-order valence-corrected chi connectivity index (χ3v) is 3.26. The largest absolute Gasteiger partial charge is 0.334 e. The van der Waals surface area contributed by atoms with Gasteiger partial charge in [0, 0.05) is 11.6 Å². The smallest absolute Gasteiger partial charge is 0.319 e. The zero-order chi connectivity index (χ0) is 14.5. The van der Waals surface area contributed by atoms with E-state index < -0.39 is 0 Å². The van der Waals surface area contributed by atoms with Crippen molar-refractivity contribution in [3.63, 3.8) is 0 Å². The van der Waals surface area contributed by atoms with Gasteiger partial charge in [0.25, 0.3) is 0 Å². The van der Waals surface area contributed by atoms with E-state index in [0.717, 1.165) is 11.1 Å². The van der Waals surface area contributed by atoms with Gasteiger partial charge in [-0.1, -0.05) is 53.0 Å². The monoisotopic (exact) mass is 308 g/mol. The first-order valence-corrected chi connectivity index (χ1v) is 6.85. The Morgan fingerprint density at radius 3 is 2.65 bits per heavy atom. The van der Waals surface area contributed by atoms with Crippen molar-refractivity contribution in [2.75, 3.05) is 5.32 Å². The fraction of sp³-hybridized carbons (Fsp3) is 0.133. The van der Waals surface area contributed by atoms with Gasteiger partial charge in [0.15, 0.2) is 0 Å². The lowest BCUT2D eigenvalue weighted by Crippen LogP contribution is -2.28. The number of hydrogen-bond donors (Lipinski definition) is 2. The molecule has 5 heteroatoms. The topological polar surface area (TPSA) is 41.1 Å². The highest BCUT2D eigenvalue weighted by Gasteiger charge is 2.05. The van der Waals surface area contributed by atoms with E-state index in [-0.39, 0.29) is 6.03 Å². The van der Waals surface area contributed by atoms with Gasteiger partial charge in [-0.05, 0) is 30.7 Å². The van der Waals surface area contributed by atoms with Gasteiger partial charge in [-0.3, -0.25) is 0 Å². The third-order valence-electron chi connectivity index (χ3n) is 2.71. The minimum atomic E-state index is -0.310. The second-order valence-electron chi connectivity index (χ2n) is 4.42. The van der Waals surface area contributed by atoms with Crippen molar-refractivity contribution in [1.29, 1.82) is 0 Å². The van der Waals surface area contributed by atoms with Crippen LogP contribution in [0.4, 0.5) is 10.5 Å². The quantitative estimate of drug-likeness (QED) is 0.853. The Labute approximate surface area is 127 Å². The summed E-state index contributed by atoms with van der Waals surface area (Å²) >= 11 is 11.8. The number of nitrogens with one attached hydrogen (secondary N) is 2. The Bertz CT molecular complexity index is 629. The van der Waals surface area contributed by atoms with E-state index in [4.69, 9.17) is 23.2 Å². The number of urea groups is 1. The first kappa shape index (κ1) is 14.7. The second kappa shape index (κ2) is 6.64. The van der Waals surface area contributed by atoms with Gasteiger partial charge in [0.05, 0.1) is 10.7 Å². The van der Waals surface area contributed by atoms with Gasteiger partial charge in [-0.25, -0.2) is 4.79 Å². The summed E-state index contributed by atoms with van der Waals surface area (Å²) in [7, 11) is 0. The van der Waals surface area contributed by atoms with E-state index in [1.54, 1.807) is 18.2 Å². The molecular formula is C15H14Cl2N2O. The number of benzene rings is 2. The fourth-order valence-electron chi connectivity index (χ4n) is 1.76. The van der Waals surface area contributed by atoms with Crippen molar-refractivity contribution in [1.82, 2.24) is 5.32 Å². The number of carbonyl (C=O) groups excluding carboxylic acids is 1. The predicted molar refractivity (Wildman–Crippen MR) is 83.5 cm³/mol. The molecule has 3 nitrogen and oxygen atoms in total. The molecule has 20 heavy (non-hydrogen) atoms. The minimum Gasteiger partial charge on any atom is -0.334 e. The van der Waals surface area contributed by atoms with Crippen LogP contribution in [-0.4, -0.2) is 6.03 Å². The highest BCUT2D eigenvalue weighted by atomic mass is 35.5. The van der Waals surface area contributed by atoms with Crippen LogP contribution in [0, 0.1) is 6.92 Å². The summed E-state index contributed by atoms with van der Waals surface area (Å²) < 4.78 is 0. The summed E-state index contributed by atoms with van der Waals surface area (Å²) in [5.74, 6) is 0. The van der Waals surface area contributed by atoms with Gasteiger partial charge < -0.3 is 10.6 Å². The van der Waals surface area contributed by atoms with Gasteiger partial charge in [0.1, 0.15) is 0 Å². The van der Waals surface area contributed by atoms with Gasteiger partial charge in [-0.15, -0.1) is 0 Å². The number of amides is 2. The Balaban J connectivity index is 1.92. The van der Waals surface area contributed by atoms with E-state index >= 15 is 0 Å². The first-order chi connectivity index (χ1) is 9.54. The summed E-state index contributed by atoms with van der Waals surface area (Å²) in [5, 5.41) is 6.39. The van der Waals surface area contributed by atoms with Crippen molar-refractivity contribution in [3.05, 3.63) is 63.6 Å². The normalized spacial score (nSPS) is 10.2. The number of anilines is 1. The van der Waals surface area contributed by atoms with E-state index in [1.807, 2.05) is 31.2 Å². The molecule has 2 rings (SSSR count). The molecule has 2 N–H and O–H groups in total. The lowest BCUT2D eigenvalue weighted by molar-refractivity contribution is 0.251. The van der Waals surface area contributed by atoms with Crippen LogP contribution in [0.25, 0.3) is 0 Å². The van der Waals surface area contributed by atoms with Crippen molar-refractivity contribution < 1.29 is 4.79 Å². The lowest BCUT2D eigenvalue weighted by Gasteiger charge is -2.09. The number of aryl methyl sites for hydroxylation is 1. The summed E-state index contributed by atoms with van der Waals surface area (Å²) in [4.78, 5) is 11.8. The molecular weight excluding hydrogens is 295 g/mol. The van der Waals surface area contributed by atoms with Crippen molar-refractivity contribution in [2.45, 2.75) is 13.5 Å². The maximum atomic E-state index is 11.8. The molecule has 0 aliphatic heterocycles. The van der Waals surface area contributed by atoms with E-state index in [2.05, 4.69) is 10.6 Å². The molecule has 0 spiro atoms. The summed E-state index contributed by atoms with van der Waals surface area (Å²) in [5.41, 5.74) is 2.73. The summed E-state index contributed by atoms with van der Waals surface area (Å²) in [6.07, 6.45) is 0. The van der Waals surface area contributed by atoms with Gasteiger partial charge >= 0.3 is 6.03 Å². The van der Waals surface area contributed by atoms with Crippen LogP contribution >= 0.6 is 23.2 Å². The van der Waals surface area contributed by atoms with Crippen LogP contribution in [0.3, 0.4) is 0 Å². The summed E-state index contributed by atoms with van der Waals surface area (Å²) in [6, 6.07) is 12.6. The van der Waals surface area contributed by atoms with Crippen LogP contribution in [-0.2, 0) is 6.54 Å². The Kier molecular flexibility index (Phi) is 4.88. The zero-order valence-corrected chi connectivity index (χ0v) is 12.4. The molecule has 0 aliphatic carbocycles. The molecule has 0 fully saturated rings. The number of carbonyl (C=O) groups is 1. The van der Waals surface area contributed by atoms with E-state index in [9.17, 15) is 4.79 Å². The van der Waals surface area contributed by atoms with E-state index in [0.29, 0.717) is 22.3 Å². The minimum absolute atomic E-state index is 0.310. The van der Waals surface area contributed by atoms with E-state index in [1.165, 1.54) is 0 Å². The zero-order valence-electron chi connectivity index (χ0n) is 10.9. The second-order valence-corrected chi connectivity index (χ2v) is 5.26. The molecule has 0 heterocycles. The average Bonchev–Trinajstić information content (AvgIpc) is 2.40. The van der Waals surface area contributed by atoms with Crippen LogP contribution in [0.2, 0.25) is 10.0 Å². The lowest BCUT2D eigenvalue weighted by atomic mass is 10.1. The molecule has 0 aromatic heterocycles. The Hall–Kier alpha value is -1.71. The first-order valence-electron chi connectivity index (χ1n) is 6.10. The molecule has 104 valence electrons. The molecule has 2 amide bonds. The highest BCUT2D eigenvalue weighted by Crippen LogP contribution is 2.25. The molecule has 2 aromatic rings. The van der Waals surface area contributed by atoms with Crippen molar-refractivity contribution in [2.24, 2.45) is 0 Å². The Morgan fingerprint density at radius 2 is 1.95 bits per heavy atom. The highest BCUT2D eigenvalue weighted by molar-refractivity contribution is 6.36. The van der Waals surface area contributed by atoms with Gasteiger partial charge in [0.2, 0.25) is 0 Å². The van der Waals surface area contributed by atoms with Crippen molar-refractivity contribution >= 4 is 34.9 Å². The van der Waals surface area contributed by atoms with Crippen molar-refractivity contribution in [3.8, 4) is 0 Å². The predicted octanol–water partition coefficient (Wildman–Crippen LogP) is 4.62. The molecule has 0 atom stereocenters. The molecule has 0 saturated carbocycles. The molecule has 2 aromatic carbocycles. The van der Waals surface area contributed by atoms with Crippen LogP contribution in [0.1, 0.15) is 11.1 Å². The van der Waals surface area contributed by atoms with Crippen LogP contribution in [0.15, 0.2) is 42.5 Å². The van der Waals surface area contributed by atoms with Crippen LogP contribution < -0.4 is 10.6 Å². The maximum absolute atomic E-state index is 11.8. The fourth-order valence-corrected chi connectivity index (χ4v) is 2.22. The van der Waals surface area contributed by atoms with Gasteiger partial charge in [-0.2, -0.15) is 0 Å². The summed E-state index contributed by atoms with van der Waals surface area (Å²) in [6.45, 7) is 2.47. The molecule has 0 radical (unpaired) electrons. The Morgan fingerprint density at radius 1 is 1.15 bits per heavy atom. The molecule has 0 saturated heterocycles. The third kappa shape index (κ3) is 4.15. The SMILES string of the molecule is Cc1cccc(CNC(=O)Nc2ccc(Cl)cc2Cl)c1. The average molecular weight is 309 g/mol. The number of hydrogen-bond acceptors (Lipinski definition) is 1. The standard InChI is InChI=1S/C15H14Cl2N2O/c1-10-3-2-4-11(7-10)9-18-15(20)19-14-6-5-12(16)8-13(14)17/h2-8H,9H2,1H3,(H2,18,19,20). The number of rotatable bonds is 3. The molecule has 0 bridgehead atoms. The maximum Gasteiger partial charge on any atom is 0.319 e.